The van der Waals surface area contributed by atoms with Gasteiger partial charge in [-0.05, 0) is 48.9 Å². The summed E-state index contributed by atoms with van der Waals surface area (Å²) in [4.78, 5) is 0.265. The molecule has 1 unspecified atom stereocenters. The number of hydrogen-bond acceptors (Lipinski definition) is 3. The molecule has 0 radical (unpaired) electrons. The van der Waals surface area contributed by atoms with E-state index in [9.17, 15) is 13.5 Å². The van der Waals surface area contributed by atoms with Gasteiger partial charge in [0.15, 0.2) is 0 Å². The Labute approximate surface area is 185 Å². The highest BCUT2D eigenvalue weighted by Gasteiger charge is 2.21. The molecule has 1 N–H and O–H groups in total. The molecule has 0 fully saturated rings. The standard InChI is InChI=1S/C26H29NO3S/c1-22-14-16-26(17-15-22)31(29,30)27(20-24-11-6-3-7-12-24)18-8-13-25(21-28)19-23-9-4-2-5-10-23/h2-12,14-18,25,28H,13,19-21H2,1H3/b18-8+. The fourth-order valence-corrected chi connectivity index (χ4v) is 4.68. The first kappa shape index (κ1) is 22.8. The van der Waals surface area contributed by atoms with Gasteiger partial charge in [0, 0.05) is 12.8 Å². The van der Waals surface area contributed by atoms with Crippen LogP contribution in [0.4, 0.5) is 0 Å². The van der Waals surface area contributed by atoms with Crippen LogP contribution in [0.3, 0.4) is 0 Å². The van der Waals surface area contributed by atoms with Gasteiger partial charge in [0.2, 0.25) is 0 Å². The molecule has 1 atom stereocenters. The quantitative estimate of drug-likeness (QED) is 0.491. The highest BCUT2D eigenvalue weighted by atomic mass is 32.2. The number of aryl methyl sites for hydroxylation is 1. The van der Waals surface area contributed by atoms with Crippen LogP contribution in [-0.2, 0) is 23.0 Å². The van der Waals surface area contributed by atoms with Gasteiger partial charge in [-0.3, -0.25) is 4.31 Å². The Bertz CT molecular complexity index is 1060. The second-order valence-corrected chi connectivity index (χ2v) is 9.60. The van der Waals surface area contributed by atoms with Crippen LogP contribution < -0.4 is 0 Å². The summed E-state index contributed by atoms with van der Waals surface area (Å²) < 4.78 is 28.0. The van der Waals surface area contributed by atoms with Crippen LogP contribution in [0.25, 0.3) is 0 Å². The lowest BCUT2D eigenvalue weighted by molar-refractivity contribution is 0.226. The summed E-state index contributed by atoms with van der Waals surface area (Å²) in [5, 5.41) is 9.79. The molecule has 5 heteroatoms. The predicted octanol–water partition coefficient (Wildman–Crippen LogP) is 4.94. The molecule has 4 nitrogen and oxygen atoms in total. The Hall–Kier alpha value is -2.89. The molecular formula is C26H29NO3S. The van der Waals surface area contributed by atoms with Crippen molar-refractivity contribution in [2.45, 2.75) is 31.2 Å². The summed E-state index contributed by atoms with van der Waals surface area (Å²) >= 11 is 0. The number of aliphatic hydroxyl groups is 1. The Morgan fingerprint density at radius 3 is 2.03 bits per heavy atom. The van der Waals surface area contributed by atoms with Crippen LogP contribution in [0.15, 0.2) is 102 Å². The number of aliphatic hydroxyl groups excluding tert-OH is 1. The number of rotatable bonds is 10. The highest BCUT2D eigenvalue weighted by molar-refractivity contribution is 7.89. The third-order valence-corrected chi connectivity index (χ3v) is 6.91. The number of hydrogen-bond donors (Lipinski definition) is 1. The van der Waals surface area contributed by atoms with Crippen molar-refractivity contribution in [1.82, 2.24) is 4.31 Å². The summed E-state index contributed by atoms with van der Waals surface area (Å²) in [6, 6.07) is 26.4. The second-order valence-electron chi connectivity index (χ2n) is 7.71. The minimum absolute atomic E-state index is 0.0271. The van der Waals surface area contributed by atoms with Crippen molar-refractivity contribution in [2.75, 3.05) is 6.61 Å². The average Bonchev–Trinajstić information content (AvgIpc) is 2.79. The van der Waals surface area contributed by atoms with E-state index in [2.05, 4.69) is 0 Å². The molecule has 162 valence electrons. The van der Waals surface area contributed by atoms with Crippen LogP contribution in [0.2, 0.25) is 0 Å². The zero-order valence-electron chi connectivity index (χ0n) is 17.8. The molecule has 3 aromatic rings. The van der Waals surface area contributed by atoms with E-state index in [4.69, 9.17) is 0 Å². The first-order valence-electron chi connectivity index (χ1n) is 10.4. The minimum Gasteiger partial charge on any atom is -0.396 e. The van der Waals surface area contributed by atoms with Crippen molar-refractivity contribution in [3.05, 3.63) is 114 Å². The molecule has 3 aromatic carbocycles. The lowest BCUT2D eigenvalue weighted by Crippen LogP contribution is -2.25. The van der Waals surface area contributed by atoms with Gasteiger partial charge >= 0.3 is 0 Å². The second kappa shape index (κ2) is 10.9. The summed E-state index contributed by atoms with van der Waals surface area (Å²) in [6.45, 7) is 2.22. The number of benzene rings is 3. The molecule has 3 rings (SSSR count). The van der Waals surface area contributed by atoms with Crippen molar-refractivity contribution in [2.24, 2.45) is 5.92 Å². The zero-order valence-corrected chi connectivity index (χ0v) is 18.6. The summed E-state index contributed by atoms with van der Waals surface area (Å²) in [7, 11) is -3.70. The van der Waals surface area contributed by atoms with Gasteiger partial charge in [-0.25, -0.2) is 8.42 Å². The van der Waals surface area contributed by atoms with Crippen LogP contribution in [-0.4, -0.2) is 24.4 Å². The van der Waals surface area contributed by atoms with Gasteiger partial charge in [-0.15, -0.1) is 0 Å². The van der Waals surface area contributed by atoms with E-state index in [-0.39, 0.29) is 24.0 Å². The third-order valence-electron chi connectivity index (χ3n) is 5.18. The van der Waals surface area contributed by atoms with E-state index in [1.807, 2.05) is 73.7 Å². The first-order valence-corrected chi connectivity index (χ1v) is 11.9. The summed E-state index contributed by atoms with van der Waals surface area (Å²) in [5.74, 6) is 0.0271. The molecule has 0 amide bonds. The minimum atomic E-state index is -3.70. The van der Waals surface area contributed by atoms with E-state index in [1.165, 1.54) is 4.31 Å². The molecule has 0 saturated heterocycles. The van der Waals surface area contributed by atoms with E-state index in [1.54, 1.807) is 30.5 Å². The molecule has 0 aliphatic carbocycles. The van der Waals surface area contributed by atoms with Gasteiger partial charge in [0.1, 0.15) is 0 Å². The lowest BCUT2D eigenvalue weighted by Gasteiger charge is -2.21. The Morgan fingerprint density at radius 2 is 1.45 bits per heavy atom. The first-order chi connectivity index (χ1) is 15.0. The molecule has 0 aromatic heterocycles. The number of sulfonamides is 1. The molecule has 0 spiro atoms. The normalized spacial score (nSPS) is 12.7. The van der Waals surface area contributed by atoms with Crippen molar-refractivity contribution in [1.29, 1.82) is 0 Å². The molecule has 0 aliphatic heterocycles. The Morgan fingerprint density at radius 1 is 0.871 bits per heavy atom. The van der Waals surface area contributed by atoms with Crippen molar-refractivity contribution < 1.29 is 13.5 Å². The number of allylic oxidation sites excluding steroid dienone is 1. The van der Waals surface area contributed by atoms with Gasteiger partial charge in [0.05, 0.1) is 11.4 Å². The molecule has 0 aliphatic rings. The Balaban J connectivity index is 1.79. The van der Waals surface area contributed by atoms with Gasteiger partial charge < -0.3 is 5.11 Å². The van der Waals surface area contributed by atoms with Crippen LogP contribution >= 0.6 is 0 Å². The maximum Gasteiger partial charge on any atom is 0.264 e. The smallest absolute Gasteiger partial charge is 0.264 e. The molecule has 0 heterocycles. The van der Waals surface area contributed by atoms with Gasteiger partial charge in [-0.1, -0.05) is 84.4 Å². The van der Waals surface area contributed by atoms with Crippen LogP contribution in [0.5, 0.6) is 0 Å². The van der Waals surface area contributed by atoms with Gasteiger partial charge in [-0.2, -0.15) is 0 Å². The fraction of sp³-hybridized carbons (Fsp3) is 0.231. The van der Waals surface area contributed by atoms with Crippen LogP contribution in [0, 0.1) is 12.8 Å². The van der Waals surface area contributed by atoms with E-state index in [0.29, 0.717) is 6.42 Å². The SMILES string of the molecule is Cc1ccc(S(=O)(=O)N(/C=C/CC(CO)Cc2ccccc2)Cc2ccccc2)cc1. The maximum atomic E-state index is 13.3. The summed E-state index contributed by atoms with van der Waals surface area (Å²) in [6.07, 6.45) is 4.81. The van der Waals surface area contributed by atoms with E-state index >= 15 is 0 Å². The number of nitrogens with zero attached hydrogens (tertiary/aromatic N) is 1. The monoisotopic (exact) mass is 435 g/mol. The summed E-state index contributed by atoms with van der Waals surface area (Å²) in [5.41, 5.74) is 3.07. The molecule has 0 saturated carbocycles. The topological polar surface area (TPSA) is 57.6 Å². The molecule has 0 bridgehead atoms. The van der Waals surface area contributed by atoms with Crippen molar-refractivity contribution in [3.8, 4) is 0 Å². The largest absolute Gasteiger partial charge is 0.396 e. The predicted molar refractivity (Wildman–Crippen MR) is 125 cm³/mol. The van der Waals surface area contributed by atoms with E-state index < -0.39 is 10.0 Å². The van der Waals surface area contributed by atoms with Gasteiger partial charge in [0.25, 0.3) is 10.0 Å². The maximum absolute atomic E-state index is 13.3. The van der Waals surface area contributed by atoms with E-state index in [0.717, 1.165) is 23.1 Å². The fourth-order valence-electron chi connectivity index (χ4n) is 3.37. The molecular weight excluding hydrogens is 406 g/mol. The zero-order chi connectivity index (χ0) is 22.1. The van der Waals surface area contributed by atoms with Crippen LogP contribution in [0.1, 0.15) is 23.1 Å². The van der Waals surface area contributed by atoms with Crippen molar-refractivity contribution >= 4 is 10.0 Å². The average molecular weight is 436 g/mol. The molecule has 31 heavy (non-hydrogen) atoms. The van der Waals surface area contributed by atoms with Crippen molar-refractivity contribution in [3.63, 3.8) is 0 Å². The third kappa shape index (κ3) is 6.54. The lowest BCUT2D eigenvalue weighted by atomic mass is 9.97. The Kier molecular flexibility index (Phi) is 8.04. The highest BCUT2D eigenvalue weighted by Crippen LogP contribution is 2.21.